The zero-order chi connectivity index (χ0) is 13.1. The topological polar surface area (TPSA) is 47.0 Å². The van der Waals surface area contributed by atoms with Crippen molar-refractivity contribution in [3.63, 3.8) is 0 Å². The van der Waals surface area contributed by atoms with E-state index in [2.05, 4.69) is 45.1 Å². The van der Waals surface area contributed by atoms with E-state index in [0.29, 0.717) is 17.7 Å². The summed E-state index contributed by atoms with van der Waals surface area (Å²) in [5, 5.41) is 2.92. The second kappa shape index (κ2) is 5.87. The number of rotatable bonds is 3. The fourth-order valence-corrected chi connectivity index (χ4v) is 2.60. The van der Waals surface area contributed by atoms with Crippen molar-refractivity contribution in [1.29, 1.82) is 0 Å². The number of anilines is 1. The molecule has 1 aromatic rings. The van der Waals surface area contributed by atoms with Crippen molar-refractivity contribution in [2.24, 2.45) is 11.8 Å². The highest BCUT2D eigenvalue weighted by molar-refractivity contribution is 9.10. The van der Waals surface area contributed by atoms with Crippen LogP contribution in [0.4, 0.5) is 5.95 Å². The lowest BCUT2D eigenvalue weighted by Crippen LogP contribution is -2.29. The van der Waals surface area contributed by atoms with Crippen LogP contribution in [0.25, 0.3) is 0 Å². The Morgan fingerprint density at radius 2 is 2.11 bits per heavy atom. The minimum atomic E-state index is 0.270. The van der Waals surface area contributed by atoms with Gasteiger partial charge in [0.1, 0.15) is 6.10 Å². The van der Waals surface area contributed by atoms with Gasteiger partial charge in [0.05, 0.1) is 10.7 Å². The Morgan fingerprint density at radius 1 is 1.33 bits per heavy atom. The molecule has 1 heterocycles. The van der Waals surface area contributed by atoms with Gasteiger partial charge in [-0.05, 0) is 47.0 Å². The molecule has 100 valence electrons. The minimum absolute atomic E-state index is 0.270. The van der Waals surface area contributed by atoms with E-state index >= 15 is 0 Å². The summed E-state index contributed by atoms with van der Waals surface area (Å²) in [5.74, 6) is 2.74. The van der Waals surface area contributed by atoms with Gasteiger partial charge in [-0.3, -0.25) is 0 Å². The van der Waals surface area contributed by atoms with E-state index in [1.54, 1.807) is 13.2 Å². The van der Waals surface area contributed by atoms with Crippen LogP contribution in [0.3, 0.4) is 0 Å². The number of aromatic nitrogens is 2. The first-order chi connectivity index (χ1) is 8.60. The summed E-state index contributed by atoms with van der Waals surface area (Å²) in [7, 11) is 1.80. The minimum Gasteiger partial charge on any atom is -0.473 e. The molecular weight excluding hydrogens is 294 g/mol. The van der Waals surface area contributed by atoms with Crippen LogP contribution >= 0.6 is 15.9 Å². The zero-order valence-electron chi connectivity index (χ0n) is 11.1. The first-order valence-electron chi connectivity index (χ1n) is 6.47. The van der Waals surface area contributed by atoms with Gasteiger partial charge >= 0.3 is 0 Å². The maximum atomic E-state index is 6.01. The molecule has 0 radical (unpaired) electrons. The van der Waals surface area contributed by atoms with Gasteiger partial charge in [0.2, 0.25) is 11.8 Å². The fraction of sp³-hybridized carbons (Fsp3) is 0.692. The maximum Gasteiger partial charge on any atom is 0.233 e. The molecule has 1 fully saturated rings. The number of hydrogen-bond acceptors (Lipinski definition) is 4. The Hall–Kier alpha value is -0.840. The van der Waals surface area contributed by atoms with Crippen LogP contribution in [0.2, 0.25) is 0 Å². The first kappa shape index (κ1) is 13.6. The normalized spacial score (nSPS) is 27.9. The summed E-state index contributed by atoms with van der Waals surface area (Å²) in [6.45, 7) is 4.62. The van der Waals surface area contributed by atoms with Crippen LogP contribution in [0, 0.1) is 11.8 Å². The van der Waals surface area contributed by atoms with E-state index in [1.165, 1.54) is 6.42 Å². The molecule has 3 unspecified atom stereocenters. The molecule has 0 bridgehead atoms. The lowest BCUT2D eigenvalue weighted by atomic mass is 9.80. The van der Waals surface area contributed by atoms with Crippen LogP contribution in [0.5, 0.6) is 5.88 Å². The van der Waals surface area contributed by atoms with Crippen molar-refractivity contribution in [1.82, 2.24) is 9.97 Å². The molecular formula is C13H20BrN3O. The fourth-order valence-electron chi connectivity index (χ4n) is 2.32. The molecule has 0 spiro atoms. The van der Waals surface area contributed by atoms with Crippen molar-refractivity contribution in [3.05, 3.63) is 10.7 Å². The summed E-state index contributed by atoms with van der Waals surface area (Å²) >= 11 is 3.44. The van der Waals surface area contributed by atoms with E-state index in [4.69, 9.17) is 4.74 Å². The summed E-state index contributed by atoms with van der Waals surface area (Å²) in [4.78, 5) is 8.47. The number of hydrogen-bond donors (Lipinski definition) is 1. The third-order valence-corrected chi connectivity index (χ3v) is 4.31. The molecule has 0 aromatic carbocycles. The van der Waals surface area contributed by atoms with Crippen molar-refractivity contribution in [2.75, 3.05) is 12.4 Å². The number of halogens is 1. The van der Waals surface area contributed by atoms with E-state index in [1.807, 2.05) is 0 Å². The Bertz CT molecular complexity index is 413. The Labute approximate surface area is 117 Å². The molecule has 1 aromatic heterocycles. The quantitative estimate of drug-likeness (QED) is 0.928. The van der Waals surface area contributed by atoms with E-state index in [0.717, 1.165) is 23.2 Å². The largest absolute Gasteiger partial charge is 0.473 e. The second-order valence-electron chi connectivity index (χ2n) is 5.10. The standard InChI is InChI=1S/C13H20BrN3O/c1-8-4-5-10(6-9(8)2)18-12-11(14)7-16-13(15-3)17-12/h7-10H,4-6H2,1-3H3,(H,15,16,17). The van der Waals surface area contributed by atoms with E-state index in [9.17, 15) is 0 Å². The van der Waals surface area contributed by atoms with Crippen LogP contribution in [0.15, 0.2) is 10.7 Å². The molecule has 0 aliphatic heterocycles. The highest BCUT2D eigenvalue weighted by Crippen LogP contribution is 2.33. The van der Waals surface area contributed by atoms with Crippen molar-refractivity contribution in [2.45, 2.75) is 39.2 Å². The van der Waals surface area contributed by atoms with Crippen LogP contribution in [0.1, 0.15) is 33.1 Å². The van der Waals surface area contributed by atoms with Crippen LogP contribution in [-0.2, 0) is 0 Å². The van der Waals surface area contributed by atoms with Gasteiger partial charge in [-0.1, -0.05) is 13.8 Å². The average molecular weight is 314 g/mol. The van der Waals surface area contributed by atoms with Crippen molar-refractivity contribution < 1.29 is 4.74 Å². The number of nitrogens with one attached hydrogen (secondary N) is 1. The van der Waals surface area contributed by atoms with Gasteiger partial charge in [-0.25, -0.2) is 4.98 Å². The predicted molar refractivity (Wildman–Crippen MR) is 75.9 cm³/mol. The molecule has 18 heavy (non-hydrogen) atoms. The summed E-state index contributed by atoms with van der Waals surface area (Å²) in [5.41, 5.74) is 0. The molecule has 0 saturated heterocycles. The van der Waals surface area contributed by atoms with Crippen LogP contribution < -0.4 is 10.1 Å². The van der Waals surface area contributed by atoms with Gasteiger partial charge in [0.25, 0.3) is 0 Å². The molecule has 1 aliphatic carbocycles. The smallest absolute Gasteiger partial charge is 0.233 e. The van der Waals surface area contributed by atoms with Crippen molar-refractivity contribution in [3.8, 4) is 5.88 Å². The van der Waals surface area contributed by atoms with Gasteiger partial charge in [-0.2, -0.15) is 4.98 Å². The van der Waals surface area contributed by atoms with Crippen molar-refractivity contribution >= 4 is 21.9 Å². The lowest BCUT2D eigenvalue weighted by molar-refractivity contribution is 0.0957. The lowest BCUT2D eigenvalue weighted by Gasteiger charge is -2.32. The van der Waals surface area contributed by atoms with Gasteiger partial charge in [-0.15, -0.1) is 0 Å². The Balaban J connectivity index is 2.05. The monoisotopic (exact) mass is 313 g/mol. The molecule has 2 rings (SSSR count). The second-order valence-corrected chi connectivity index (χ2v) is 5.96. The molecule has 1 saturated carbocycles. The molecule has 1 N–H and O–H groups in total. The third-order valence-electron chi connectivity index (χ3n) is 3.76. The van der Waals surface area contributed by atoms with E-state index in [-0.39, 0.29) is 6.10 Å². The first-order valence-corrected chi connectivity index (χ1v) is 7.26. The van der Waals surface area contributed by atoms with Gasteiger partial charge < -0.3 is 10.1 Å². The molecule has 5 heteroatoms. The van der Waals surface area contributed by atoms with Gasteiger partial charge in [0.15, 0.2) is 0 Å². The highest BCUT2D eigenvalue weighted by atomic mass is 79.9. The Morgan fingerprint density at radius 3 is 2.78 bits per heavy atom. The van der Waals surface area contributed by atoms with Crippen LogP contribution in [-0.4, -0.2) is 23.1 Å². The molecule has 4 nitrogen and oxygen atoms in total. The number of nitrogens with zero attached hydrogens (tertiary/aromatic N) is 2. The number of ether oxygens (including phenoxy) is 1. The highest BCUT2D eigenvalue weighted by Gasteiger charge is 2.26. The molecule has 1 aliphatic rings. The molecule has 3 atom stereocenters. The SMILES string of the molecule is CNc1ncc(Br)c(OC2CCC(C)C(C)C2)n1. The van der Waals surface area contributed by atoms with E-state index < -0.39 is 0 Å². The Kier molecular flexibility index (Phi) is 4.43. The predicted octanol–water partition coefficient (Wildman–Crippen LogP) is 3.48. The summed E-state index contributed by atoms with van der Waals surface area (Å²) in [6, 6.07) is 0. The summed E-state index contributed by atoms with van der Waals surface area (Å²) in [6.07, 6.45) is 5.44. The third kappa shape index (κ3) is 3.13. The average Bonchev–Trinajstić information content (AvgIpc) is 2.36. The van der Waals surface area contributed by atoms with Gasteiger partial charge in [0, 0.05) is 7.05 Å². The maximum absolute atomic E-state index is 6.01. The summed E-state index contributed by atoms with van der Waals surface area (Å²) < 4.78 is 6.82. The molecule has 0 amide bonds. The zero-order valence-corrected chi connectivity index (χ0v) is 12.7.